The van der Waals surface area contributed by atoms with Crippen molar-refractivity contribution in [1.82, 2.24) is 4.98 Å². The quantitative estimate of drug-likeness (QED) is 0.229. The van der Waals surface area contributed by atoms with Gasteiger partial charge in [0, 0.05) is 12.0 Å². The van der Waals surface area contributed by atoms with E-state index in [0.29, 0.717) is 40.7 Å². The van der Waals surface area contributed by atoms with Crippen molar-refractivity contribution in [3.63, 3.8) is 0 Å². The molecule has 0 radical (unpaired) electrons. The normalized spacial score (nSPS) is 15.2. The number of hydrogen-bond donors (Lipinski definition) is 2. The van der Waals surface area contributed by atoms with Crippen molar-refractivity contribution < 1.29 is 14.6 Å². The first-order valence-corrected chi connectivity index (χ1v) is 12.5. The van der Waals surface area contributed by atoms with Crippen LogP contribution < -0.4 is 9.88 Å². The van der Waals surface area contributed by atoms with E-state index in [-0.39, 0.29) is 16.7 Å². The van der Waals surface area contributed by atoms with Crippen LogP contribution in [0.25, 0.3) is 0 Å². The number of rotatable bonds is 7. The van der Waals surface area contributed by atoms with Gasteiger partial charge in [-0.25, -0.2) is 9.80 Å². The van der Waals surface area contributed by atoms with Crippen LogP contribution in [0.3, 0.4) is 0 Å². The highest BCUT2D eigenvalue weighted by molar-refractivity contribution is 7.13. The lowest BCUT2D eigenvalue weighted by Gasteiger charge is -2.23. The topological polar surface area (TPSA) is 120 Å². The van der Waals surface area contributed by atoms with Crippen LogP contribution in [0.5, 0.6) is 5.75 Å². The Hall–Kier alpha value is -4.57. The zero-order valence-electron chi connectivity index (χ0n) is 19.9. The molecule has 0 fully saturated rings. The summed E-state index contributed by atoms with van der Waals surface area (Å²) in [5.74, 6) is 0.124. The lowest BCUT2D eigenvalue weighted by atomic mass is 9.98. The van der Waals surface area contributed by atoms with Gasteiger partial charge in [-0.15, -0.1) is 10.2 Å². The Bertz CT molecular complexity index is 1530. The summed E-state index contributed by atoms with van der Waals surface area (Å²) >= 11 is 0.914. The maximum atomic E-state index is 12.4. The van der Waals surface area contributed by atoms with Crippen molar-refractivity contribution in [2.75, 3.05) is 11.6 Å². The number of carbonyl (C=O) groups excluding carboxylic acids is 1. The van der Waals surface area contributed by atoms with Gasteiger partial charge in [-0.3, -0.25) is 9.78 Å². The van der Waals surface area contributed by atoms with Gasteiger partial charge in [0.05, 0.1) is 29.6 Å². The number of aromatic hydroxyl groups is 1. The van der Waals surface area contributed by atoms with Crippen LogP contribution in [0.1, 0.15) is 40.9 Å². The molecule has 1 aliphatic rings. The molecule has 0 spiro atoms. The van der Waals surface area contributed by atoms with E-state index in [4.69, 9.17) is 9.84 Å². The maximum Gasteiger partial charge on any atom is 0.338 e. The molecule has 10 heteroatoms. The number of phenols is 1. The smallest absolute Gasteiger partial charge is 0.338 e. The van der Waals surface area contributed by atoms with E-state index < -0.39 is 5.97 Å². The summed E-state index contributed by atoms with van der Waals surface area (Å²) < 4.78 is 5.00. The molecule has 3 aromatic carbocycles. The molecule has 0 saturated heterocycles. The lowest BCUT2D eigenvalue weighted by Crippen LogP contribution is -2.19. The standard InChI is InChI=1S/C27H23N5O4S/c1-2-36-26(34)18-12-14-19(15-13-18)29-30-25-24(28-27(35)37-25)32-22(20-10-6-7-11-23(20)33)16-21(31-32)17-8-4-3-5-9-17/h3-15,22,33H,2,16H2,1H3,(H,28,35)/t22-/m1/s1. The molecule has 0 aliphatic carbocycles. The van der Waals surface area contributed by atoms with Crippen LogP contribution in [0.15, 0.2) is 99.0 Å². The van der Waals surface area contributed by atoms with E-state index in [1.54, 1.807) is 48.3 Å². The van der Waals surface area contributed by atoms with Crippen molar-refractivity contribution in [2.45, 2.75) is 19.4 Å². The van der Waals surface area contributed by atoms with Crippen LogP contribution in [0.2, 0.25) is 0 Å². The molecule has 2 N–H and O–H groups in total. The number of H-pyrrole nitrogens is 1. The van der Waals surface area contributed by atoms with Gasteiger partial charge in [-0.2, -0.15) is 5.10 Å². The summed E-state index contributed by atoms with van der Waals surface area (Å²) in [6.07, 6.45) is 0.519. The third-order valence-corrected chi connectivity index (χ3v) is 6.55. The van der Waals surface area contributed by atoms with Crippen molar-refractivity contribution in [3.8, 4) is 5.75 Å². The molecule has 0 amide bonds. The zero-order chi connectivity index (χ0) is 25.8. The Morgan fingerprint density at radius 1 is 1.08 bits per heavy atom. The minimum atomic E-state index is -0.409. The molecule has 0 unspecified atom stereocenters. The van der Waals surface area contributed by atoms with E-state index in [1.165, 1.54) is 0 Å². The van der Waals surface area contributed by atoms with Crippen LogP contribution in [-0.2, 0) is 4.74 Å². The number of nitrogens with zero attached hydrogens (tertiary/aromatic N) is 4. The average Bonchev–Trinajstić information content (AvgIpc) is 3.52. The Morgan fingerprint density at radius 3 is 2.54 bits per heavy atom. The minimum absolute atomic E-state index is 0.143. The molecule has 1 aliphatic heterocycles. The highest BCUT2D eigenvalue weighted by atomic mass is 32.1. The van der Waals surface area contributed by atoms with Crippen LogP contribution in [0, 0.1) is 0 Å². The summed E-state index contributed by atoms with van der Waals surface area (Å²) in [6.45, 7) is 2.04. The molecule has 4 aromatic rings. The predicted molar refractivity (Wildman–Crippen MR) is 142 cm³/mol. The van der Waals surface area contributed by atoms with Crippen LogP contribution >= 0.6 is 11.3 Å². The molecule has 0 bridgehead atoms. The highest BCUT2D eigenvalue weighted by Gasteiger charge is 2.34. The fourth-order valence-electron chi connectivity index (χ4n) is 4.05. The Morgan fingerprint density at radius 2 is 1.81 bits per heavy atom. The number of azo groups is 1. The summed E-state index contributed by atoms with van der Waals surface area (Å²) in [6, 6.07) is 23.0. The summed E-state index contributed by atoms with van der Waals surface area (Å²) in [4.78, 5) is 26.8. The van der Waals surface area contributed by atoms with Gasteiger partial charge in [0.25, 0.3) is 0 Å². The first-order chi connectivity index (χ1) is 18.0. The van der Waals surface area contributed by atoms with Gasteiger partial charge in [0.1, 0.15) is 5.75 Å². The van der Waals surface area contributed by atoms with Gasteiger partial charge >= 0.3 is 10.8 Å². The third-order valence-electron chi connectivity index (χ3n) is 5.79. The van der Waals surface area contributed by atoms with Crippen LogP contribution in [0.4, 0.5) is 16.5 Å². The molecule has 2 heterocycles. The number of carbonyl (C=O) groups is 1. The SMILES string of the molecule is CCOC(=O)c1ccc(N=Nc2sc(=O)[nH]c2N2N=C(c3ccccc3)C[C@@H]2c2ccccc2O)cc1. The Kier molecular flexibility index (Phi) is 6.91. The molecular formula is C27H23N5O4S. The van der Waals surface area contributed by atoms with Crippen molar-refractivity contribution in [1.29, 1.82) is 0 Å². The average molecular weight is 514 g/mol. The van der Waals surface area contributed by atoms with Crippen molar-refractivity contribution >= 4 is 39.5 Å². The second-order valence-corrected chi connectivity index (χ2v) is 9.13. The van der Waals surface area contributed by atoms with E-state index >= 15 is 0 Å². The van der Waals surface area contributed by atoms with E-state index in [2.05, 4.69) is 15.2 Å². The van der Waals surface area contributed by atoms with Crippen molar-refractivity contribution in [2.24, 2.45) is 15.3 Å². The largest absolute Gasteiger partial charge is 0.508 e. The van der Waals surface area contributed by atoms with Gasteiger partial charge in [-0.1, -0.05) is 59.9 Å². The van der Waals surface area contributed by atoms with Gasteiger partial charge in [-0.05, 0) is 42.8 Å². The fourth-order valence-corrected chi connectivity index (χ4v) is 4.70. The van der Waals surface area contributed by atoms with Gasteiger partial charge in [0.15, 0.2) is 10.8 Å². The number of ether oxygens (including phenoxy) is 1. The minimum Gasteiger partial charge on any atom is -0.508 e. The monoisotopic (exact) mass is 513 g/mol. The number of hydrogen-bond acceptors (Lipinski definition) is 9. The number of aromatic amines is 1. The molecular weight excluding hydrogens is 490 g/mol. The van der Waals surface area contributed by atoms with Crippen molar-refractivity contribution in [3.05, 3.63) is 105 Å². The summed E-state index contributed by atoms with van der Waals surface area (Å²) in [7, 11) is 0. The molecule has 37 heavy (non-hydrogen) atoms. The van der Waals surface area contributed by atoms with E-state index in [0.717, 1.165) is 22.6 Å². The van der Waals surface area contributed by atoms with Gasteiger partial charge in [0.2, 0.25) is 0 Å². The number of esters is 1. The fraction of sp³-hybridized carbons (Fsp3) is 0.148. The molecule has 1 atom stereocenters. The molecule has 186 valence electrons. The second kappa shape index (κ2) is 10.6. The molecule has 1 aromatic heterocycles. The summed E-state index contributed by atoms with van der Waals surface area (Å²) in [5, 5.41) is 26.0. The number of para-hydroxylation sites is 1. The zero-order valence-corrected chi connectivity index (χ0v) is 20.7. The maximum absolute atomic E-state index is 12.4. The molecule has 5 rings (SSSR count). The highest BCUT2D eigenvalue weighted by Crippen LogP contribution is 2.43. The van der Waals surface area contributed by atoms with E-state index in [9.17, 15) is 14.7 Å². The lowest BCUT2D eigenvalue weighted by molar-refractivity contribution is 0.0526. The summed E-state index contributed by atoms with van der Waals surface area (Å²) in [5.41, 5.74) is 3.37. The first kappa shape index (κ1) is 24.1. The second-order valence-electron chi connectivity index (χ2n) is 8.17. The van der Waals surface area contributed by atoms with Gasteiger partial charge < -0.3 is 9.84 Å². The molecule has 0 saturated carbocycles. The Balaban J connectivity index is 1.50. The van der Waals surface area contributed by atoms with Crippen LogP contribution in [-0.4, -0.2) is 28.4 Å². The number of anilines is 1. The predicted octanol–water partition coefficient (Wildman–Crippen LogP) is 6.09. The number of benzene rings is 3. The first-order valence-electron chi connectivity index (χ1n) is 11.7. The number of thiazole rings is 1. The molecule has 9 nitrogen and oxygen atoms in total. The third kappa shape index (κ3) is 5.19. The number of hydrazone groups is 1. The number of aromatic nitrogens is 1. The number of phenolic OH excluding ortho intramolecular Hbond substituents is 1. The Labute approximate surface area is 216 Å². The number of nitrogens with one attached hydrogen (secondary N) is 1. The van der Waals surface area contributed by atoms with E-state index in [1.807, 2.05) is 42.5 Å².